The Kier molecular flexibility index (Phi) is 4.07. The van der Waals surface area contributed by atoms with Crippen LogP contribution in [0.3, 0.4) is 0 Å². The summed E-state index contributed by atoms with van der Waals surface area (Å²) in [6.45, 7) is 0. The number of phenolic OH excluding ortho intramolecular Hbond substituents is 1. The van der Waals surface area contributed by atoms with Crippen molar-refractivity contribution in [3.8, 4) is 5.75 Å². The first-order chi connectivity index (χ1) is 10.4. The third kappa shape index (κ3) is 2.70. The summed E-state index contributed by atoms with van der Waals surface area (Å²) in [6, 6.07) is 9.31. The molecule has 0 heterocycles. The number of aromatic hydroxyl groups is 1. The van der Waals surface area contributed by atoms with Crippen molar-refractivity contribution in [3.05, 3.63) is 57.6 Å². The molecule has 116 valence electrons. The Morgan fingerprint density at radius 3 is 2.55 bits per heavy atom. The van der Waals surface area contributed by atoms with Gasteiger partial charge in [0.1, 0.15) is 4.90 Å². The van der Waals surface area contributed by atoms with Gasteiger partial charge in [-0.15, -0.1) is 0 Å². The molecule has 1 atom stereocenters. The Labute approximate surface area is 138 Å². The van der Waals surface area contributed by atoms with E-state index in [0.29, 0.717) is 17.9 Å². The van der Waals surface area contributed by atoms with E-state index in [1.54, 1.807) is 12.1 Å². The Morgan fingerprint density at radius 2 is 1.77 bits per heavy atom. The standard InChI is InChI=1S/C15H13Cl2NO3S/c16-11-4-1-3-10-9(11)7-8-13(10)18-22(20,21)14-6-2-5-12(17)15(14)19/h1-6,13,18-19H,7-8H2/t13-/m0/s1. The molecule has 0 saturated carbocycles. The molecule has 0 saturated heterocycles. The fourth-order valence-corrected chi connectivity index (χ4v) is 4.57. The summed E-state index contributed by atoms with van der Waals surface area (Å²) >= 11 is 11.9. The van der Waals surface area contributed by atoms with Gasteiger partial charge in [0, 0.05) is 11.1 Å². The number of hydrogen-bond donors (Lipinski definition) is 2. The van der Waals surface area contributed by atoms with E-state index < -0.39 is 15.8 Å². The molecule has 0 amide bonds. The number of rotatable bonds is 3. The van der Waals surface area contributed by atoms with Crippen molar-refractivity contribution in [3.63, 3.8) is 0 Å². The average molecular weight is 358 g/mol. The molecule has 22 heavy (non-hydrogen) atoms. The van der Waals surface area contributed by atoms with Gasteiger partial charge in [-0.3, -0.25) is 0 Å². The minimum atomic E-state index is -3.88. The van der Waals surface area contributed by atoms with E-state index in [2.05, 4.69) is 4.72 Å². The van der Waals surface area contributed by atoms with Crippen molar-refractivity contribution in [1.82, 2.24) is 4.72 Å². The molecule has 0 bridgehead atoms. The molecule has 4 nitrogen and oxygen atoms in total. The highest BCUT2D eigenvalue weighted by atomic mass is 35.5. The number of nitrogens with one attached hydrogen (secondary N) is 1. The van der Waals surface area contributed by atoms with Gasteiger partial charge >= 0.3 is 0 Å². The van der Waals surface area contributed by atoms with Crippen LogP contribution in [0.4, 0.5) is 0 Å². The molecule has 1 aliphatic carbocycles. The Morgan fingerprint density at radius 1 is 1.09 bits per heavy atom. The van der Waals surface area contributed by atoms with Crippen molar-refractivity contribution in [2.45, 2.75) is 23.8 Å². The summed E-state index contributed by atoms with van der Waals surface area (Å²) < 4.78 is 27.6. The number of para-hydroxylation sites is 1. The molecule has 2 aromatic carbocycles. The van der Waals surface area contributed by atoms with Gasteiger partial charge in [0.2, 0.25) is 10.0 Å². The number of phenols is 1. The molecule has 0 radical (unpaired) electrons. The van der Waals surface area contributed by atoms with Crippen molar-refractivity contribution in [2.75, 3.05) is 0 Å². The lowest BCUT2D eigenvalue weighted by Gasteiger charge is -2.15. The van der Waals surface area contributed by atoms with Crippen molar-refractivity contribution >= 4 is 33.2 Å². The molecular formula is C15H13Cl2NO3S. The van der Waals surface area contributed by atoms with Crippen molar-refractivity contribution < 1.29 is 13.5 Å². The second-order valence-electron chi connectivity index (χ2n) is 5.11. The van der Waals surface area contributed by atoms with Crippen LogP contribution in [0.25, 0.3) is 0 Å². The van der Waals surface area contributed by atoms with Gasteiger partial charge in [-0.25, -0.2) is 13.1 Å². The summed E-state index contributed by atoms with van der Waals surface area (Å²) in [4.78, 5) is -0.226. The predicted molar refractivity (Wildman–Crippen MR) is 86.0 cm³/mol. The second-order valence-corrected chi connectivity index (χ2v) is 7.60. The minimum Gasteiger partial charge on any atom is -0.505 e. The lowest BCUT2D eigenvalue weighted by atomic mass is 10.1. The van der Waals surface area contributed by atoms with Crippen LogP contribution in [-0.4, -0.2) is 13.5 Å². The van der Waals surface area contributed by atoms with Gasteiger partial charge in [0.25, 0.3) is 0 Å². The lowest BCUT2D eigenvalue weighted by molar-refractivity contribution is 0.457. The molecule has 0 aromatic heterocycles. The van der Waals surface area contributed by atoms with Crippen LogP contribution in [0.15, 0.2) is 41.3 Å². The average Bonchev–Trinajstić information content (AvgIpc) is 2.86. The predicted octanol–water partition coefficient (Wildman–Crippen LogP) is 3.66. The highest BCUT2D eigenvalue weighted by Gasteiger charge is 2.30. The molecule has 1 aliphatic rings. The first kappa shape index (κ1) is 15.6. The third-order valence-corrected chi connectivity index (χ3v) is 5.91. The minimum absolute atomic E-state index is 0.00209. The van der Waals surface area contributed by atoms with Gasteiger partial charge in [-0.2, -0.15) is 0 Å². The highest BCUT2D eigenvalue weighted by Crippen LogP contribution is 2.37. The zero-order valence-corrected chi connectivity index (χ0v) is 13.7. The molecule has 0 unspecified atom stereocenters. The summed E-state index contributed by atoms with van der Waals surface area (Å²) in [7, 11) is -3.88. The van der Waals surface area contributed by atoms with Crippen LogP contribution >= 0.6 is 23.2 Å². The van der Waals surface area contributed by atoms with Crippen LogP contribution in [0.2, 0.25) is 10.0 Å². The topological polar surface area (TPSA) is 66.4 Å². The van der Waals surface area contributed by atoms with Crippen LogP contribution in [0.1, 0.15) is 23.6 Å². The molecule has 0 aliphatic heterocycles. The third-order valence-electron chi connectivity index (χ3n) is 3.75. The van der Waals surface area contributed by atoms with Crippen LogP contribution in [0, 0.1) is 0 Å². The number of benzene rings is 2. The molecular weight excluding hydrogens is 345 g/mol. The van der Waals surface area contributed by atoms with Crippen LogP contribution in [0.5, 0.6) is 5.75 Å². The van der Waals surface area contributed by atoms with E-state index in [-0.39, 0.29) is 16.0 Å². The summed E-state index contributed by atoms with van der Waals surface area (Å²) in [5.74, 6) is -0.444. The summed E-state index contributed by atoms with van der Waals surface area (Å²) in [5, 5.41) is 10.5. The van der Waals surface area contributed by atoms with E-state index >= 15 is 0 Å². The first-order valence-corrected chi connectivity index (χ1v) is 8.91. The highest BCUT2D eigenvalue weighted by molar-refractivity contribution is 7.89. The smallest absolute Gasteiger partial charge is 0.244 e. The SMILES string of the molecule is O=S(=O)(N[C@H]1CCc2c(Cl)cccc21)c1cccc(Cl)c1O. The fourth-order valence-electron chi connectivity index (χ4n) is 2.70. The monoisotopic (exact) mass is 357 g/mol. The maximum Gasteiger partial charge on any atom is 0.244 e. The number of sulfonamides is 1. The van der Waals surface area contributed by atoms with E-state index in [0.717, 1.165) is 11.1 Å². The van der Waals surface area contributed by atoms with E-state index in [9.17, 15) is 13.5 Å². The van der Waals surface area contributed by atoms with Crippen molar-refractivity contribution in [1.29, 1.82) is 0 Å². The van der Waals surface area contributed by atoms with Gasteiger partial charge in [-0.05, 0) is 42.2 Å². The Hall–Kier alpha value is -1.27. The summed E-state index contributed by atoms with van der Waals surface area (Å²) in [5.41, 5.74) is 1.84. The molecule has 2 N–H and O–H groups in total. The van der Waals surface area contributed by atoms with Gasteiger partial charge in [-0.1, -0.05) is 41.4 Å². The maximum atomic E-state index is 12.5. The fraction of sp³-hybridized carbons (Fsp3) is 0.200. The molecule has 2 aromatic rings. The summed E-state index contributed by atoms with van der Waals surface area (Å²) in [6.07, 6.45) is 1.34. The Balaban J connectivity index is 1.95. The lowest BCUT2D eigenvalue weighted by Crippen LogP contribution is -2.27. The van der Waals surface area contributed by atoms with Crippen molar-refractivity contribution in [2.24, 2.45) is 0 Å². The Bertz CT molecular complexity index is 837. The van der Waals surface area contributed by atoms with Gasteiger partial charge < -0.3 is 5.11 Å². The van der Waals surface area contributed by atoms with Crippen LogP contribution in [-0.2, 0) is 16.4 Å². The quantitative estimate of drug-likeness (QED) is 0.880. The van der Waals surface area contributed by atoms with Crippen LogP contribution < -0.4 is 4.72 Å². The number of hydrogen-bond acceptors (Lipinski definition) is 3. The molecule has 3 rings (SSSR count). The number of halogens is 2. The first-order valence-electron chi connectivity index (χ1n) is 6.67. The number of fused-ring (bicyclic) bond motifs is 1. The zero-order chi connectivity index (χ0) is 15.9. The van der Waals surface area contributed by atoms with E-state index in [1.165, 1.54) is 18.2 Å². The maximum absolute atomic E-state index is 12.5. The van der Waals surface area contributed by atoms with Gasteiger partial charge in [0.15, 0.2) is 5.75 Å². The van der Waals surface area contributed by atoms with E-state index in [1.807, 2.05) is 6.07 Å². The van der Waals surface area contributed by atoms with Gasteiger partial charge in [0.05, 0.1) is 5.02 Å². The largest absolute Gasteiger partial charge is 0.505 e. The molecule has 0 spiro atoms. The zero-order valence-electron chi connectivity index (χ0n) is 11.4. The second kappa shape index (κ2) is 5.74. The molecule has 0 fully saturated rings. The normalized spacial score (nSPS) is 17.5. The molecule has 7 heteroatoms. The van der Waals surface area contributed by atoms with E-state index in [4.69, 9.17) is 23.2 Å².